The van der Waals surface area contributed by atoms with Gasteiger partial charge in [0.2, 0.25) is 0 Å². The number of cyclic esters (lactones) is 1. The molecule has 0 aromatic heterocycles. The molecule has 3 aliphatic rings. The number of esters is 1. The van der Waals surface area contributed by atoms with Crippen LogP contribution in [0.15, 0.2) is 0 Å². The minimum atomic E-state index is -0.0257. The molecule has 3 rings (SSSR count). The fourth-order valence-corrected chi connectivity index (χ4v) is 2.98. The molecular weight excluding hydrogens is 232 g/mol. The van der Waals surface area contributed by atoms with Crippen LogP contribution in [0.5, 0.6) is 0 Å². The zero-order valence-electron chi connectivity index (χ0n) is 11.4. The van der Waals surface area contributed by atoms with E-state index in [1.165, 1.54) is 0 Å². The summed E-state index contributed by atoms with van der Waals surface area (Å²) < 4.78 is 15.7. The van der Waals surface area contributed by atoms with Gasteiger partial charge in [-0.1, -0.05) is 13.8 Å². The van der Waals surface area contributed by atoms with Crippen LogP contribution in [-0.2, 0) is 19.0 Å². The highest BCUT2D eigenvalue weighted by Crippen LogP contribution is 2.46. The standard InChI is InChI=1S/C8H10O3.C6H14O/c9-8-7-4(3-10-8)5-1-2-6(7)11-5;1-3-5-7-6-4-2/h4-7H,1-3H2;3-6H2,1-2H3. The van der Waals surface area contributed by atoms with Gasteiger partial charge in [-0.05, 0) is 25.7 Å². The van der Waals surface area contributed by atoms with Gasteiger partial charge in [-0.3, -0.25) is 4.79 Å². The van der Waals surface area contributed by atoms with Crippen molar-refractivity contribution in [1.82, 2.24) is 0 Å². The second-order valence-electron chi connectivity index (χ2n) is 5.22. The van der Waals surface area contributed by atoms with Gasteiger partial charge in [0.05, 0.1) is 24.7 Å². The minimum Gasteiger partial charge on any atom is -0.465 e. The number of ether oxygens (including phenoxy) is 3. The maximum absolute atomic E-state index is 11.1. The Morgan fingerprint density at radius 3 is 2.44 bits per heavy atom. The molecule has 3 heterocycles. The number of hydrogen-bond acceptors (Lipinski definition) is 4. The average molecular weight is 256 g/mol. The SMILES string of the molecule is CCCOCCC.O=C1OCC2C3CCC(O3)C12. The summed E-state index contributed by atoms with van der Waals surface area (Å²) in [5, 5.41) is 0. The van der Waals surface area contributed by atoms with Gasteiger partial charge < -0.3 is 14.2 Å². The molecule has 104 valence electrons. The third-order valence-electron chi connectivity index (χ3n) is 3.81. The third kappa shape index (κ3) is 2.86. The Labute approximate surface area is 109 Å². The molecule has 4 unspecified atom stereocenters. The molecule has 0 radical (unpaired) electrons. The van der Waals surface area contributed by atoms with Gasteiger partial charge in [0.1, 0.15) is 0 Å². The van der Waals surface area contributed by atoms with Crippen LogP contribution in [-0.4, -0.2) is 38.0 Å². The van der Waals surface area contributed by atoms with E-state index >= 15 is 0 Å². The van der Waals surface area contributed by atoms with Crippen molar-refractivity contribution in [2.45, 2.75) is 51.7 Å². The van der Waals surface area contributed by atoms with E-state index in [4.69, 9.17) is 14.2 Å². The Kier molecular flexibility index (Phi) is 5.01. The van der Waals surface area contributed by atoms with E-state index in [1.54, 1.807) is 0 Å². The van der Waals surface area contributed by atoms with E-state index in [0.717, 1.165) is 38.9 Å². The van der Waals surface area contributed by atoms with Gasteiger partial charge in [0.25, 0.3) is 0 Å². The Hall–Kier alpha value is -0.610. The van der Waals surface area contributed by atoms with Crippen molar-refractivity contribution in [3.05, 3.63) is 0 Å². The normalized spacial score (nSPS) is 36.0. The number of rotatable bonds is 4. The average Bonchev–Trinajstić information content (AvgIpc) is 3.05. The molecule has 4 heteroatoms. The Morgan fingerprint density at radius 2 is 1.83 bits per heavy atom. The monoisotopic (exact) mass is 256 g/mol. The summed E-state index contributed by atoms with van der Waals surface area (Å²) in [5.41, 5.74) is 0. The van der Waals surface area contributed by atoms with Crippen LogP contribution in [0.1, 0.15) is 39.5 Å². The molecule has 4 atom stereocenters. The minimum absolute atomic E-state index is 0.0257. The highest BCUT2D eigenvalue weighted by Gasteiger charge is 2.56. The van der Waals surface area contributed by atoms with Crippen molar-refractivity contribution in [1.29, 1.82) is 0 Å². The summed E-state index contributed by atoms with van der Waals surface area (Å²) in [4.78, 5) is 11.1. The number of carbonyl (C=O) groups excluding carboxylic acids is 1. The first-order chi connectivity index (χ1) is 8.77. The lowest BCUT2D eigenvalue weighted by atomic mass is 9.81. The van der Waals surface area contributed by atoms with Crippen molar-refractivity contribution in [2.75, 3.05) is 19.8 Å². The maximum Gasteiger partial charge on any atom is 0.312 e. The molecule has 0 aliphatic carbocycles. The van der Waals surface area contributed by atoms with Crippen LogP contribution < -0.4 is 0 Å². The van der Waals surface area contributed by atoms with Crippen LogP contribution >= 0.6 is 0 Å². The first kappa shape index (κ1) is 13.8. The molecule has 18 heavy (non-hydrogen) atoms. The highest BCUT2D eigenvalue weighted by atomic mass is 16.6. The summed E-state index contributed by atoms with van der Waals surface area (Å²) in [5.74, 6) is 0.456. The van der Waals surface area contributed by atoms with E-state index in [2.05, 4.69) is 13.8 Å². The lowest BCUT2D eigenvalue weighted by Crippen LogP contribution is -2.27. The summed E-state index contributed by atoms with van der Waals surface area (Å²) in [6.07, 6.45) is 4.99. The Balaban J connectivity index is 0.000000152. The molecule has 3 aliphatic heterocycles. The van der Waals surface area contributed by atoms with E-state index < -0.39 is 0 Å². The van der Waals surface area contributed by atoms with Gasteiger partial charge in [0, 0.05) is 19.1 Å². The molecule has 0 aromatic rings. The smallest absolute Gasteiger partial charge is 0.312 e. The molecule has 0 spiro atoms. The van der Waals surface area contributed by atoms with Gasteiger partial charge >= 0.3 is 5.97 Å². The zero-order valence-corrected chi connectivity index (χ0v) is 11.4. The Morgan fingerprint density at radius 1 is 1.17 bits per heavy atom. The molecule has 0 aromatic carbocycles. The van der Waals surface area contributed by atoms with Crippen molar-refractivity contribution < 1.29 is 19.0 Å². The lowest BCUT2D eigenvalue weighted by molar-refractivity contribution is -0.143. The van der Waals surface area contributed by atoms with E-state index in [9.17, 15) is 4.79 Å². The summed E-state index contributed by atoms with van der Waals surface area (Å²) >= 11 is 0. The van der Waals surface area contributed by atoms with Crippen molar-refractivity contribution in [3.63, 3.8) is 0 Å². The molecule has 4 nitrogen and oxygen atoms in total. The van der Waals surface area contributed by atoms with E-state index in [1.807, 2.05) is 0 Å². The lowest BCUT2D eigenvalue weighted by Gasteiger charge is -2.14. The fourth-order valence-electron chi connectivity index (χ4n) is 2.98. The quantitative estimate of drug-likeness (QED) is 0.571. The second-order valence-corrected chi connectivity index (χ2v) is 5.22. The molecule has 3 fully saturated rings. The number of fused-ring (bicyclic) bond motifs is 5. The summed E-state index contributed by atoms with van der Waals surface area (Å²) in [7, 11) is 0. The van der Waals surface area contributed by atoms with Gasteiger partial charge in [-0.15, -0.1) is 0 Å². The number of hydrogen-bond donors (Lipinski definition) is 0. The van der Waals surface area contributed by atoms with Crippen molar-refractivity contribution >= 4 is 5.97 Å². The second kappa shape index (κ2) is 6.53. The molecule has 2 bridgehead atoms. The molecule has 0 saturated carbocycles. The topological polar surface area (TPSA) is 44.8 Å². The van der Waals surface area contributed by atoms with Crippen LogP contribution in [0.2, 0.25) is 0 Å². The summed E-state index contributed by atoms with van der Waals surface area (Å²) in [6.45, 7) is 6.69. The predicted molar refractivity (Wildman–Crippen MR) is 67.2 cm³/mol. The van der Waals surface area contributed by atoms with Crippen LogP contribution in [0.25, 0.3) is 0 Å². The van der Waals surface area contributed by atoms with Gasteiger partial charge in [-0.25, -0.2) is 0 Å². The van der Waals surface area contributed by atoms with Crippen LogP contribution in [0.3, 0.4) is 0 Å². The largest absolute Gasteiger partial charge is 0.465 e. The zero-order chi connectivity index (χ0) is 13.0. The van der Waals surface area contributed by atoms with Gasteiger partial charge in [-0.2, -0.15) is 0 Å². The maximum atomic E-state index is 11.1. The van der Waals surface area contributed by atoms with E-state index in [0.29, 0.717) is 18.6 Å². The van der Waals surface area contributed by atoms with Crippen LogP contribution in [0, 0.1) is 11.8 Å². The summed E-state index contributed by atoms with van der Waals surface area (Å²) in [6, 6.07) is 0. The molecular formula is C14H24O4. The molecule has 3 saturated heterocycles. The molecule has 0 amide bonds. The Bertz CT molecular complexity index is 275. The fraction of sp³-hybridized carbons (Fsp3) is 0.929. The first-order valence-electron chi connectivity index (χ1n) is 7.17. The van der Waals surface area contributed by atoms with E-state index in [-0.39, 0.29) is 18.0 Å². The van der Waals surface area contributed by atoms with Gasteiger partial charge in [0.15, 0.2) is 0 Å². The van der Waals surface area contributed by atoms with Crippen molar-refractivity contribution in [3.8, 4) is 0 Å². The predicted octanol–water partition coefficient (Wildman–Crippen LogP) is 2.16. The third-order valence-corrected chi connectivity index (χ3v) is 3.81. The van der Waals surface area contributed by atoms with Crippen LogP contribution in [0.4, 0.5) is 0 Å². The van der Waals surface area contributed by atoms with Crippen molar-refractivity contribution in [2.24, 2.45) is 11.8 Å². The number of carbonyl (C=O) groups is 1. The highest BCUT2D eigenvalue weighted by molar-refractivity contribution is 5.76. The first-order valence-corrected chi connectivity index (χ1v) is 7.17. The molecule has 0 N–H and O–H groups in total.